The van der Waals surface area contributed by atoms with Crippen LogP contribution < -0.4 is 5.73 Å². The molecule has 0 fully saturated rings. The van der Waals surface area contributed by atoms with Gasteiger partial charge in [-0.3, -0.25) is 0 Å². The molecule has 2 rings (SSSR count). The molecule has 1 aromatic heterocycles. The molecule has 15 heavy (non-hydrogen) atoms. The molecule has 2 atom stereocenters. The van der Waals surface area contributed by atoms with Gasteiger partial charge in [-0.1, -0.05) is 13.8 Å². The van der Waals surface area contributed by atoms with Crippen molar-refractivity contribution in [2.24, 2.45) is 5.73 Å². The first-order valence-electron chi connectivity index (χ1n) is 5.82. The highest BCUT2D eigenvalue weighted by Gasteiger charge is 2.23. The van der Waals surface area contributed by atoms with Crippen molar-refractivity contribution in [1.82, 2.24) is 9.97 Å². The van der Waals surface area contributed by atoms with Crippen molar-refractivity contribution < 1.29 is 0 Å². The van der Waals surface area contributed by atoms with Crippen LogP contribution >= 0.6 is 0 Å². The van der Waals surface area contributed by atoms with Gasteiger partial charge in [-0.15, -0.1) is 0 Å². The summed E-state index contributed by atoms with van der Waals surface area (Å²) in [6, 6.07) is 0.213. The van der Waals surface area contributed by atoms with E-state index in [1.54, 1.807) is 6.33 Å². The van der Waals surface area contributed by atoms with E-state index >= 15 is 0 Å². The van der Waals surface area contributed by atoms with Crippen molar-refractivity contribution >= 4 is 0 Å². The van der Waals surface area contributed by atoms with Crippen LogP contribution in [0, 0.1) is 0 Å². The van der Waals surface area contributed by atoms with Gasteiger partial charge in [0.2, 0.25) is 0 Å². The van der Waals surface area contributed by atoms with Crippen LogP contribution in [0.5, 0.6) is 0 Å². The number of rotatable bonds is 3. The highest BCUT2D eigenvalue weighted by Crippen LogP contribution is 2.28. The number of aryl methyl sites for hydroxylation is 1. The fourth-order valence-electron chi connectivity index (χ4n) is 2.33. The number of fused-ring (bicyclic) bond motifs is 1. The summed E-state index contributed by atoms with van der Waals surface area (Å²) in [6.45, 7) is 4.30. The largest absolute Gasteiger partial charge is 0.327 e. The Morgan fingerprint density at radius 3 is 2.93 bits per heavy atom. The fourth-order valence-corrected chi connectivity index (χ4v) is 2.33. The molecule has 0 spiro atoms. The monoisotopic (exact) mass is 205 g/mol. The summed E-state index contributed by atoms with van der Waals surface area (Å²) in [6.07, 6.45) is 6.15. The summed E-state index contributed by atoms with van der Waals surface area (Å²) in [4.78, 5) is 8.76. The molecule has 0 radical (unpaired) electrons. The van der Waals surface area contributed by atoms with Gasteiger partial charge in [0.15, 0.2) is 0 Å². The Morgan fingerprint density at radius 2 is 2.20 bits per heavy atom. The van der Waals surface area contributed by atoms with Gasteiger partial charge in [-0.05, 0) is 31.2 Å². The normalized spacial score (nSPS) is 18.6. The van der Waals surface area contributed by atoms with Gasteiger partial charge >= 0.3 is 0 Å². The third-order valence-corrected chi connectivity index (χ3v) is 3.45. The Balaban J connectivity index is 2.32. The molecule has 0 aliphatic heterocycles. The summed E-state index contributed by atoms with van der Waals surface area (Å²) in [5.41, 5.74) is 9.88. The summed E-state index contributed by atoms with van der Waals surface area (Å²) in [5, 5.41) is 0. The summed E-state index contributed by atoms with van der Waals surface area (Å²) < 4.78 is 0. The molecule has 0 aromatic carbocycles. The minimum Gasteiger partial charge on any atom is -0.327 e. The molecule has 1 heterocycles. The lowest BCUT2D eigenvalue weighted by Gasteiger charge is -2.19. The van der Waals surface area contributed by atoms with E-state index in [1.165, 1.54) is 23.4 Å². The number of nitrogens with zero attached hydrogens (tertiary/aromatic N) is 2. The third-order valence-electron chi connectivity index (χ3n) is 3.45. The molecule has 2 N–H and O–H groups in total. The van der Waals surface area contributed by atoms with Crippen molar-refractivity contribution in [2.45, 2.75) is 51.5 Å². The lowest BCUT2D eigenvalue weighted by atomic mass is 9.93. The maximum Gasteiger partial charge on any atom is 0.115 e. The van der Waals surface area contributed by atoms with Crippen molar-refractivity contribution in [3.8, 4) is 0 Å². The first-order chi connectivity index (χ1) is 7.24. The molecule has 2 unspecified atom stereocenters. The Labute approximate surface area is 91.1 Å². The second kappa shape index (κ2) is 4.27. The smallest absolute Gasteiger partial charge is 0.115 e. The quantitative estimate of drug-likeness (QED) is 0.818. The van der Waals surface area contributed by atoms with E-state index in [4.69, 9.17) is 5.73 Å². The van der Waals surface area contributed by atoms with E-state index in [9.17, 15) is 0 Å². The van der Waals surface area contributed by atoms with Crippen LogP contribution in [0.3, 0.4) is 0 Å². The van der Waals surface area contributed by atoms with E-state index in [-0.39, 0.29) is 6.04 Å². The van der Waals surface area contributed by atoms with Crippen LogP contribution in [0.15, 0.2) is 6.33 Å². The van der Waals surface area contributed by atoms with Crippen molar-refractivity contribution in [1.29, 1.82) is 0 Å². The highest BCUT2D eigenvalue weighted by molar-refractivity contribution is 5.31. The molecule has 0 saturated heterocycles. The lowest BCUT2D eigenvalue weighted by molar-refractivity contribution is 0.536. The predicted octanol–water partition coefficient (Wildman–Crippen LogP) is 1.81. The predicted molar refractivity (Wildman–Crippen MR) is 60.7 cm³/mol. The molecular weight excluding hydrogens is 186 g/mol. The molecule has 82 valence electrons. The molecule has 1 aliphatic rings. The molecule has 3 heteroatoms. The highest BCUT2D eigenvalue weighted by atomic mass is 14.9. The van der Waals surface area contributed by atoms with E-state index in [2.05, 4.69) is 23.8 Å². The molecular formula is C12H19N3. The first-order valence-corrected chi connectivity index (χ1v) is 5.82. The van der Waals surface area contributed by atoms with Gasteiger partial charge < -0.3 is 5.73 Å². The van der Waals surface area contributed by atoms with Crippen LogP contribution in [-0.4, -0.2) is 16.0 Å². The number of hydrogen-bond acceptors (Lipinski definition) is 3. The maximum atomic E-state index is 6.08. The van der Waals surface area contributed by atoms with Gasteiger partial charge in [0, 0.05) is 17.7 Å². The van der Waals surface area contributed by atoms with Gasteiger partial charge in [0.25, 0.3) is 0 Å². The Bertz CT molecular complexity index is 349. The lowest BCUT2D eigenvalue weighted by Crippen LogP contribution is -2.27. The van der Waals surface area contributed by atoms with Gasteiger partial charge in [0.05, 0.1) is 5.69 Å². The van der Waals surface area contributed by atoms with E-state index < -0.39 is 0 Å². The number of nitrogens with two attached hydrogens (primary N) is 1. The third kappa shape index (κ3) is 1.88. The zero-order valence-electron chi connectivity index (χ0n) is 9.53. The number of hydrogen-bond donors (Lipinski definition) is 1. The SMILES string of the molecule is CCC(N)C(C)c1ncnc2c1CCC2. The minimum absolute atomic E-state index is 0.213. The number of aromatic nitrogens is 2. The van der Waals surface area contributed by atoms with Crippen LogP contribution in [0.25, 0.3) is 0 Å². The summed E-state index contributed by atoms with van der Waals surface area (Å²) >= 11 is 0. The van der Waals surface area contributed by atoms with E-state index in [0.717, 1.165) is 19.3 Å². The average Bonchev–Trinajstić information content (AvgIpc) is 2.74. The van der Waals surface area contributed by atoms with Crippen LogP contribution in [0.1, 0.15) is 49.6 Å². The molecule has 0 saturated carbocycles. The molecule has 1 aromatic rings. The van der Waals surface area contributed by atoms with Crippen LogP contribution in [-0.2, 0) is 12.8 Å². The van der Waals surface area contributed by atoms with Crippen molar-refractivity contribution in [3.05, 3.63) is 23.3 Å². The van der Waals surface area contributed by atoms with Crippen molar-refractivity contribution in [3.63, 3.8) is 0 Å². The first kappa shape index (κ1) is 10.6. The zero-order chi connectivity index (χ0) is 10.8. The van der Waals surface area contributed by atoms with Gasteiger partial charge in [-0.2, -0.15) is 0 Å². The summed E-state index contributed by atoms with van der Waals surface area (Å²) in [7, 11) is 0. The molecule has 1 aliphatic carbocycles. The Kier molecular flexibility index (Phi) is 3.00. The standard InChI is InChI=1S/C12H19N3/c1-3-10(13)8(2)12-9-5-4-6-11(9)14-7-15-12/h7-8,10H,3-6,13H2,1-2H3. The second-order valence-electron chi connectivity index (χ2n) is 4.40. The minimum atomic E-state index is 0.213. The molecule has 0 amide bonds. The molecule has 3 nitrogen and oxygen atoms in total. The van der Waals surface area contributed by atoms with E-state index in [1.807, 2.05) is 0 Å². The topological polar surface area (TPSA) is 51.8 Å². The Hall–Kier alpha value is -0.960. The summed E-state index contributed by atoms with van der Waals surface area (Å²) in [5.74, 6) is 0.352. The van der Waals surface area contributed by atoms with Crippen LogP contribution in [0.2, 0.25) is 0 Å². The fraction of sp³-hybridized carbons (Fsp3) is 0.667. The van der Waals surface area contributed by atoms with Gasteiger partial charge in [-0.25, -0.2) is 9.97 Å². The van der Waals surface area contributed by atoms with Gasteiger partial charge in [0.1, 0.15) is 6.33 Å². The van der Waals surface area contributed by atoms with Crippen LogP contribution in [0.4, 0.5) is 0 Å². The molecule has 0 bridgehead atoms. The second-order valence-corrected chi connectivity index (χ2v) is 4.40. The van der Waals surface area contributed by atoms with Crippen molar-refractivity contribution in [2.75, 3.05) is 0 Å². The van der Waals surface area contributed by atoms with E-state index in [0.29, 0.717) is 5.92 Å². The Morgan fingerprint density at radius 1 is 1.40 bits per heavy atom. The maximum absolute atomic E-state index is 6.08. The zero-order valence-corrected chi connectivity index (χ0v) is 9.53. The average molecular weight is 205 g/mol.